The monoisotopic (exact) mass is 375 g/mol. The minimum atomic E-state index is -1.57. The minimum Gasteiger partial charge on any atom is -0.334 e. The van der Waals surface area contributed by atoms with Crippen molar-refractivity contribution in [2.45, 2.75) is 12.5 Å². The molecule has 0 spiro atoms. The van der Waals surface area contributed by atoms with E-state index in [9.17, 15) is 29.3 Å². The van der Waals surface area contributed by atoms with Gasteiger partial charge in [-0.2, -0.15) is 0 Å². The summed E-state index contributed by atoms with van der Waals surface area (Å²) in [4.78, 5) is 59.1. The fraction of sp³-hybridized carbons (Fsp3) is 0.250. The highest BCUT2D eigenvalue weighted by Crippen LogP contribution is 2.30. The molecule has 1 aromatic rings. The first-order valence-electron chi connectivity index (χ1n) is 7.76. The highest BCUT2D eigenvalue weighted by molar-refractivity contribution is 6.10. The van der Waals surface area contributed by atoms with Crippen LogP contribution in [-0.2, 0) is 15.1 Å². The summed E-state index contributed by atoms with van der Waals surface area (Å²) in [6.45, 7) is 4.23. The summed E-state index contributed by atoms with van der Waals surface area (Å²) in [7, 11) is 0. The molecule has 11 nitrogen and oxygen atoms in total. The van der Waals surface area contributed by atoms with Gasteiger partial charge in [0.1, 0.15) is 12.1 Å². The summed E-state index contributed by atoms with van der Waals surface area (Å²) in [5.41, 5.74) is -1.62. The van der Waals surface area contributed by atoms with Crippen LogP contribution < -0.4 is 16.0 Å². The van der Waals surface area contributed by atoms with Gasteiger partial charge in [-0.3, -0.25) is 29.9 Å². The van der Waals surface area contributed by atoms with Gasteiger partial charge in [0, 0.05) is 18.7 Å². The number of rotatable bonds is 6. The number of imide groups is 2. The second kappa shape index (κ2) is 7.64. The van der Waals surface area contributed by atoms with Crippen molar-refractivity contribution >= 4 is 29.6 Å². The van der Waals surface area contributed by atoms with Gasteiger partial charge in [-0.25, -0.2) is 9.59 Å². The summed E-state index contributed by atoms with van der Waals surface area (Å²) in [6.07, 6.45) is 1.41. The molecule has 0 bridgehead atoms. The molecule has 1 heterocycles. The van der Waals surface area contributed by atoms with Gasteiger partial charge in [0.2, 0.25) is 5.91 Å². The first kappa shape index (κ1) is 19.6. The number of nitro groups is 1. The Balaban J connectivity index is 2.15. The summed E-state index contributed by atoms with van der Waals surface area (Å²) in [6, 6.07) is 3.62. The Morgan fingerprint density at radius 3 is 2.74 bits per heavy atom. The predicted molar refractivity (Wildman–Crippen MR) is 92.4 cm³/mol. The van der Waals surface area contributed by atoms with E-state index in [2.05, 4.69) is 17.2 Å². The number of nitro benzene ring substituents is 1. The highest BCUT2D eigenvalue weighted by atomic mass is 16.6. The third-order valence-electron chi connectivity index (χ3n) is 3.87. The fourth-order valence-electron chi connectivity index (χ4n) is 2.49. The maximum Gasteiger partial charge on any atom is 0.325 e. The quantitative estimate of drug-likeness (QED) is 0.283. The second-order valence-corrected chi connectivity index (χ2v) is 5.80. The molecule has 27 heavy (non-hydrogen) atoms. The molecular formula is C16H17N5O6. The molecule has 1 aliphatic rings. The van der Waals surface area contributed by atoms with Crippen molar-refractivity contribution < 1.29 is 24.1 Å². The second-order valence-electron chi connectivity index (χ2n) is 5.80. The van der Waals surface area contributed by atoms with E-state index in [-0.39, 0.29) is 17.8 Å². The molecule has 0 radical (unpaired) electrons. The summed E-state index contributed by atoms with van der Waals surface area (Å²) in [5.74, 6) is -1.64. The molecule has 1 atom stereocenters. The predicted octanol–water partition coefficient (Wildman–Crippen LogP) is 0.374. The molecule has 1 fully saturated rings. The van der Waals surface area contributed by atoms with Crippen LogP contribution in [0.3, 0.4) is 0 Å². The smallest absolute Gasteiger partial charge is 0.325 e. The zero-order valence-electron chi connectivity index (χ0n) is 14.4. The van der Waals surface area contributed by atoms with Gasteiger partial charge >= 0.3 is 12.1 Å². The zero-order valence-corrected chi connectivity index (χ0v) is 14.4. The summed E-state index contributed by atoms with van der Waals surface area (Å²) in [5, 5.41) is 17.6. The average molecular weight is 375 g/mol. The van der Waals surface area contributed by atoms with Crippen LogP contribution in [0.25, 0.3) is 0 Å². The van der Waals surface area contributed by atoms with Crippen molar-refractivity contribution in [3.05, 3.63) is 52.6 Å². The fourth-order valence-corrected chi connectivity index (χ4v) is 2.49. The zero-order chi connectivity index (χ0) is 20.2. The largest absolute Gasteiger partial charge is 0.334 e. The van der Waals surface area contributed by atoms with Crippen molar-refractivity contribution in [3.63, 3.8) is 0 Å². The molecule has 0 saturated carbocycles. The number of carbonyl (C=O) groups excluding carboxylic acids is 4. The molecule has 1 aromatic carbocycles. The Morgan fingerprint density at radius 2 is 2.11 bits per heavy atom. The van der Waals surface area contributed by atoms with Crippen molar-refractivity contribution in [3.8, 4) is 0 Å². The third kappa shape index (κ3) is 4.08. The molecule has 3 N–H and O–H groups in total. The number of non-ortho nitro benzene ring substituents is 1. The van der Waals surface area contributed by atoms with Crippen LogP contribution in [0.5, 0.6) is 0 Å². The molecule has 142 valence electrons. The van der Waals surface area contributed by atoms with E-state index in [0.29, 0.717) is 4.90 Å². The maximum absolute atomic E-state index is 12.7. The average Bonchev–Trinajstić information content (AvgIpc) is 2.84. The van der Waals surface area contributed by atoms with Gasteiger partial charge in [-0.1, -0.05) is 18.2 Å². The van der Waals surface area contributed by atoms with Crippen LogP contribution in [0.1, 0.15) is 12.5 Å². The molecule has 2 rings (SSSR count). The normalized spacial score (nSPS) is 18.6. The first-order valence-corrected chi connectivity index (χ1v) is 7.76. The Kier molecular flexibility index (Phi) is 5.54. The standard InChI is InChI=1S/C16H17N5O6/c1-3-7-17-14(24)18-12(22)9-20-13(23)16(2,19-15(20)25)10-5-4-6-11(8-10)21(26)27/h3-6,8H,1,7,9H2,2H3,(H,19,25)(H2,17,18,22,24). The highest BCUT2D eigenvalue weighted by Gasteiger charge is 2.49. The van der Waals surface area contributed by atoms with Crippen molar-refractivity contribution in [2.75, 3.05) is 13.1 Å². The summed E-state index contributed by atoms with van der Waals surface area (Å²) >= 11 is 0. The van der Waals surface area contributed by atoms with E-state index in [1.54, 1.807) is 0 Å². The number of urea groups is 2. The van der Waals surface area contributed by atoms with Crippen LogP contribution >= 0.6 is 0 Å². The minimum absolute atomic E-state index is 0.132. The van der Waals surface area contributed by atoms with Gasteiger partial charge < -0.3 is 10.6 Å². The van der Waals surface area contributed by atoms with E-state index >= 15 is 0 Å². The maximum atomic E-state index is 12.7. The number of benzene rings is 1. The van der Waals surface area contributed by atoms with Crippen LogP contribution in [-0.4, -0.2) is 46.8 Å². The number of hydrogen-bond acceptors (Lipinski definition) is 6. The number of hydrogen-bond donors (Lipinski definition) is 3. The molecule has 11 heteroatoms. The van der Waals surface area contributed by atoms with E-state index in [0.717, 1.165) is 0 Å². The SMILES string of the molecule is C=CCNC(=O)NC(=O)CN1C(=O)NC(C)(c2cccc([N+](=O)[O-])c2)C1=O. The van der Waals surface area contributed by atoms with E-state index in [1.807, 2.05) is 5.32 Å². The number of amides is 6. The van der Waals surface area contributed by atoms with Crippen LogP contribution in [0.2, 0.25) is 0 Å². The molecule has 1 aliphatic heterocycles. The first-order chi connectivity index (χ1) is 12.7. The van der Waals surface area contributed by atoms with Gasteiger partial charge in [0.05, 0.1) is 4.92 Å². The van der Waals surface area contributed by atoms with Crippen molar-refractivity contribution in [1.29, 1.82) is 0 Å². The van der Waals surface area contributed by atoms with Gasteiger partial charge in [-0.05, 0) is 12.5 Å². The number of nitrogens with zero attached hydrogens (tertiary/aromatic N) is 2. The molecule has 1 unspecified atom stereocenters. The van der Waals surface area contributed by atoms with Gasteiger partial charge in [0.25, 0.3) is 11.6 Å². The number of carbonyl (C=O) groups is 4. The molecular weight excluding hydrogens is 358 g/mol. The van der Waals surface area contributed by atoms with E-state index in [1.165, 1.54) is 37.3 Å². The molecule has 1 saturated heterocycles. The van der Waals surface area contributed by atoms with Crippen molar-refractivity contribution in [2.24, 2.45) is 0 Å². The number of nitrogens with one attached hydrogen (secondary N) is 3. The lowest BCUT2D eigenvalue weighted by Crippen LogP contribution is -2.46. The Bertz CT molecular complexity index is 838. The lowest BCUT2D eigenvalue weighted by Gasteiger charge is -2.21. The van der Waals surface area contributed by atoms with Crippen LogP contribution in [0.4, 0.5) is 15.3 Å². The van der Waals surface area contributed by atoms with Gasteiger partial charge in [0.15, 0.2) is 0 Å². The van der Waals surface area contributed by atoms with Crippen LogP contribution in [0, 0.1) is 10.1 Å². The van der Waals surface area contributed by atoms with Crippen LogP contribution in [0.15, 0.2) is 36.9 Å². The molecule has 6 amide bonds. The Hall–Kier alpha value is -3.76. The topological polar surface area (TPSA) is 151 Å². The van der Waals surface area contributed by atoms with Crippen molar-refractivity contribution in [1.82, 2.24) is 20.9 Å². The molecule has 0 aromatic heterocycles. The molecule has 0 aliphatic carbocycles. The van der Waals surface area contributed by atoms with E-state index < -0.39 is 40.9 Å². The van der Waals surface area contributed by atoms with E-state index in [4.69, 9.17) is 0 Å². The van der Waals surface area contributed by atoms with Gasteiger partial charge in [-0.15, -0.1) is 6.58 Å². The lowest BCUT2D eigenvalue weighted by atomic mass is 9.91. The Labute approximate surface area is 153 Å². The third-order valence-corrected chi connectivity index (χ3v) is 3.87. The summed E-state index contributed by atoms with van der Waals surface area (Å²) < 4.78 is 0. The lowest BCUT2D eigenvalue weighted by molar-refractivity contribution is -0.385. The Morgan fingerprint density at radius 1 is 1.41 bits per heavy atom.